The summed E-state index contributed by atoms with van der Waals surface area (Å²) in [5, 5.41) is 13.1. The summed E-state index contributed by atoms with van der Waals surface area (Å²) in [6.45, 7) is 4.51. The second-order valence-corrected chi connectivity index (χ2v) is 8.83. The number of fused-ring (bicyclic) bond motifs is 2. The number of allylic oxidation sites excluding steroid dienone is 1. The minimum absolute atomic E-state index is 0.233. The van der Waals surface area contributed by atoms with E-state index in [9.17, 15) is 9.90 Å². The fourth-order valence-corrected chi connectivity index (χ4v) is 4.89. The molecular weight excluding hydrogens is 448 g/mol. The zero-order valence-electron chi connectivity index (χ0n) is 20.4. The number of para-hydroxylation sites is 1. The number of pyridine rings is 1. The smallest absolute Gasteiger partial charge is 0.352 e. The molecule has 2 heterocycles. The van der Waals surface area contributed by atoms with Gasteiger partial charge in [0.2, 0.25) is 0 Å². The summed E-state index contributed by atoms with van der Waals surface area (Å²) in [7, 11) is 0. The lowest BCUT2D eigenvalue weighted by Crippen LogP contribution is -2.04. The van der Waals surface area contributed by atoms with Gasteiger partial charge in [0.15, 0.2) is 0 Å². The van der Waals surface area contributed by atoms with Gasteiger partial charge in [-0.1, -0.05) is 60.7 Å². The van der Waals surface area contributed by atoms with Crippen molar-refractivity contribution in [3.63, 3.8) is 0 Å². The van der Waals surface area contributed by atoms with Crippen LogP contribution in [0.4, 0.5) is 0 Å². The number of hydrogen-bond acceptors (Lipinski definition) is 3. The molecule has 0 radical (unpaired) electrons. The molecule has 5 heteroatoms. The van der Waals surface area contributed by atoms with Crippen molar-refractivity contribution in [1.29, 1.82) is 0 Å². The first kappa shape index (κ1) is 23.4. The van der Waals surface area contributed by atoms with E-state index in [1.807, 2.05) is 67.6 Å². The van der Waals surface area contributed by atoms with Crippen molar-refractivity contribution >= 4 is 33.7 Å². The number of carbonyl (C=O) groups is 1. The van der Waals surface area contributed by atoms with Crippen LogP contribution in [0.1, 0.15) is 40.7 Å². The molecule has 5 nitrogen and oxygen atoms in total. The molecule has 0 saturated heterocycles. The summed E-state index contributed by atoms with van der Waals surface area (Å²) in [6.07, 6.45) is 7.02. The summed E-state index contributed by atoms with van der Waals surface area (Å²) >= 11 is 0. The molecule has 0 aliphatic heterocycles. The third-order valence-corrected chi connectivity index (χ3v) is 6.52. The van der Waals surface area contributed by atoms with E-state index in [2.05, 4.69) is 35.1 Å². The van der Waals surface area contributed by atoms with Gasteiger partial charge in [-0.25, -0.2) is 4.79 Å². The minimum atomic E-state index is -0.960. The van der Waals surface area contributed by atoms with Crippen molar-refractivity contribution in [3.8, 4) is 16.9 Å². The molecule has 0 amide bonds. The van der Waals surface area contributed by atoms with Gasteiger partial charge >= 0.3 is 5.97 Å². The highest BCUT2D eigenvalue weighted by molar-refractivity contribution is 6.04. The molecule has 0 aliphatic rings. The number of aromatic amines is 1. The molecule has 2 aromatic heterocycles. The van der Waals surface area contributed by atoms with Crippen molar-refractivity contribution in [3.05, 3.63) is 102 Å². The minimum Gasteiger partial charge on any atom is -0.493 e. The van der Waals surface area contributed by atoms with Gasteiger partial charge in [0.25, 0.3) is 0 Å². The van der Waals surface area contributed by atoms with Crippen LogP contribution in [0.3, 0.4) is 0 Å². The van der Waals surface area contributed by atoms with Gasteiger partial charge in [0, 0.05) is 28.1 Å². The molecule has 5 aromatic rings. The number of aromatic nitrogens is 2. The standard InChI is InChI=1S/C31H28N2O3/c1-3-9-26-28(20(2)17-18-32-26)25-14-7-13-23-24(30(31(34)35)33-29(23)25)15-8-19-36-27-16-6-11-21-10-4-5-12-22(21)27/h3-7,9-14,16-18,33H,8,15,19H2,1-2H3,(H,34,35). The zero-order chi connectivity index (χ0) is 25.1. The monoisotopic (exact) mass is 476 g/mol. The summed E-state index contributed by atoms with van der Waals surface area (Å²) in [5.41, 5.74) is 5.76. The van der Waals surface area contributed by atoms with Crippen LogP contribution in [0, 0.1) is 6.92 Å². The molecule has 5 rings (SSSR count). The van der Waals surface area contributed by atoms with E-state index >= 15 is 0 Å². The molecule has 2 N–H and O–H groups in total. The summed E-state index contributed by atoms with van der Waals surface area (Å²) < 4.78 is 6.11. The summed E-state index contributed by atoms with van der Waals surface area (Å²) in [5.74, 6) is -0.116. The number of benzene rings is 3. The number of aromatic carboxylic acids is 1. The number of carboxylic acid groups (broad SMARTS) is 1. The summed E-state index contributed by atoms with van der Waals surface area (Å²) in [4.78, 5) is 20.0. The number of carboxylic acids is 1. The van der Waals surface area contributed by atoms with Gasteiger partial charge in [-0.15, -0.1) is 0 Å². The van der Waals surface area contributed by atoms with Crippen LogP contribution in [-0.2, 0) is 6.42 Å². The van der Waals surface area contributed by atoms with Gasteiger partial charge in [0.1, 0.15) is 11.4 Å². The Balaban J connectivity index is 1.46. The van der Waals surface area contributed by atoms with Crippen molar-refractivity contribution in [2.45, 2.75) is 26.7 Å². The fourth-order valence-electron chi connectivity index (χ4n) is 4.89. The topological polar surface area (TPSA) is 75.2 Å². The Morgan fingerprint density at radius 3 is 2.64 bits per heavy atom. The first-order valence-corrected chi connectivity index (χ1v) is 12.1. The number of aryl methyl sites for hydroxylation is 2. The predicted molar refractivity (Wildman–Crippen MR) is 146 cm³/mol. The molecule has 0 fully saturated rings. The maximum atomic E-state index is 12.2. The summed E-state index contributed by atoms with van der Waals surface area (Å²) in [6, 6.07) is 22.1. The Labute approximate surface area is 210 Å². The van der Waals surface area contributed by atoms with Gasteiger partial charge in [0.05, 0.1) is 17.8 Å². The molecule has 0 spiro atoms. The Morgan fingerprint density at radius 2 is 1.81 bits per heavy atom. The van der Waals surface area contributed by atoms with Crippen LogP contribution in [0.5, 0.6) is 5.75 Å². The number of rotatable bonds is 8. The van der Waals surface area contributed by atoms with E-state index in [0.29, 0.717) is 19.4 Å². The quantitative estimate of drug-likeness (QED) is 0.228. The van der Waals surface area contributed by atoms with Crippen molar-refractivity contribution < 1.29 is 14.6 Å². The van der Waals surface area contributed by atoms with Gasteiger partial charge in [-0.3, -0.25) is 4.98 Å². The lowest BCUT2D eigenvalue weighted by molar-refractivity contribution is 0.0690. The van der Waals surface area contributed by atoms with Crippen LogP contribution >= 0.6 is 0 Å². The number of nitrogens with one attached hydrogen (secondary N) is 1. The van der Waals surface area contributed by atoms with Crippen molar-refractivity contribution in [2.75, 3.05) is 6.61 Å². The van der Waals surface area contributed by atoms with Crippen molar-refractivity contribution in [2.24, 2.45) is 0 Å². The molecule has 36 heavy (non-hydrogen) atoms. The van der Waals surface area contributed by atoms with Crippen LogP contribution in [0.2, 0.25) is 0 Å². The maximum absolute atomic E-state index is 12.2. The van der Waals surface area contributed by atoms with Crippen LogP contribution < -0.4 is 4.74 Å². The highest BCUT2D eigenvalue weighted by Crippen LogP contribution is 2.36. The highest BCUT2D eigenvalue weighted by Gasteiger charge is 2.20. The fraction of sp³-hybridized carbons (Fsp3) is 0.161. The van der Waals surface area contributed by atoms with Gasteiger partial charge in [-0.05, 0) is 61.4 Å². The van der Waals surface area contributed by atoms with Crippen LogP contribution in [0.25, 0.3) is 38.9 Å². The van der Waals surface area contributed by atoms with E-state index in [1.165, 1.54) is 0 Å². The molecule has 0 atom stereocenters. The second-order valence-electron chi connectivity index (χ2n) is 8.83. The average molecular weight is 477 g/mol. The van der Waals surface area contributed by atoms with Gasteiger partial charge < -0.3 is 14.8 Å². The molecule has 0 aliphatic carbocycles. The molecule has 3 aromatic carbocycles. The third kappa shape index (κ3) is 4.36. The lowest BCUT2D eigenvalue weighted by atomic mass is 9.95. The van der Waals surface area contributed by atoms with Crippen LogP contribution in [-0.4, -0.2) is 27.7 Å². The van der Waals surface area contributed by atoms with E-state index in [0.717, 1.165) is 55.4 Å². The number of H-pyrrole nitrogens is 1. The SMILES string of the molecule is CC=Cc1nccc(C)c1-c1cccc2c(CCCOc3cccc4ccccc34)c(C(=O)O)[nH]c12. The number of ether oxygens (including phenoxy) is 1. The Kier molecular flexibility index (Phi) is 6.54. The Bertz CT molecular complexity index is 1590. The van der Waals surface area contributed by atoms with E-state index < -0.39 is 5.97 Å². The maximum Gasteiger partial charge on any atom is 0.352 e. The lowest BCUT2D eigenvalue weighted by Gasteiger charge is -2.11. The van der Waals surface area contributed by atoms with Crippen LogP contribution in [0.15, 0.2) is 79.0 Å². The van der Waals surface area contributed by atoms with E-state index in [4.69, 9.17) is 4.74 Å². The average Bonchev–Trinajstić information content (AvgIpc) is 3.26. The normalized spacial score (nSPS) is 11.5. The first-order chi connectivity index (χ1) is 17.6. The van der Waals surface area contributed by atoms with Gasteiger partial charge in [-0.2, -0.15) is 0 Å². The second kappa shape index (κ2) is 10.1. The first-order valence-electron chi connectivity index (χ1n) is 12.1. The molecule has 0 bridgehead atoms. The third-order valence-electron chi connectivity index (χ3n) is 6.52. The van der Waals surface area contributed by atoms with E-state index in [1.54, 1.807) is 6.20 Å². The zero-order valence-corrected chi connectivity index (χ0v) is 20.4. The van der Waals surface area contributed by atoms with E-state index in [-0.39, 0.29) is 5.69 Å². The molecular formula is C31H28N2O3. The number of hydrogen-bond donors (Lipinski definition) is 2. The largest absolute Gasteiger partial charge is 0.493 e. The highest BCUT2D eigenvalue weighted by atomic mass is 16.5. The Morgan fingerprint density at radius 1 is 1.03 bits per heavy atom. The Hall–Kier alpha value is -4.38. The molecule has 0 unspecified atom stereocenters. The molecule has 180 valence electrons. The molecule has 0 saturated carbocycles. The number of nitrogens with zero attached hydrogens (tertiary/aromatic N) is 1. The van der Waals surface area contributed by atoms with Crippen molar-refractivity contribution in [1.82, 2.24) is 9.97 Å². The predicted octanol–water partition coefficient (Wildman–Crippen LogP) is 7.43.